The predicted molar refractivity (Wildman–Crippen MR) is 130 cm³/mol. The van der Waals surface area contributed by atoms with Gasteiger partial charge in [0.2, 0.25) is 0 Å². The maximum atomic E-state index is 13.2. The quantitative estimate of drug-likeness (QED) is 0.220. The molecule has 1 aliphatic heterocycles. The first-order chi connectivity index (χ1) is 16.3. The van der Waals surface area contributed by atoms with Crippen molar-refractivity contribution in [3.8, 4) is 11.5 Å². The van der Waals surface area contributed by atoms with Gasteiger partial charge in [0.25, 0.3) is 11.7 Å². The second-order valence-electron chi connectivity index (χ2n) is 8.08. The number of para-hydroxylation sites is 1. The number of benzene rings is 2. The fourth-order valence-electron chi connectivity index (χ4n) is 3.97. The Bertz CT molecular complexity index is 1080. The summed E-state index contributed by atoms with van der Waals surface area (Å²) in [6.07, 6.45) is 0.581. The van der Waals surface area contributed by atoms with Crippen molar-refractivity contribution in [3.05, 3.63) is 64.2 Å². The van der Waals surface area contributed by atoms with Crippen LogP contribution in [0.3, 0.4) is 0 Å². The van der Waals surface area contributed by atoms with Gasteiger partial charge in [0.05, 0.1) is 36.5 Å². The van der Waals surface area contributed by atoms with Crippen LogP contribution in [0.15, 0.2) is 48.0 Å². The molecule has 3 rings (SSSR count). The summed E-state index contributed by atoms with van der Waals surface area (Å²) in [5, 5.41) is 11.5. The third-order valence-corrected chi connectivity index (χ3v) is 5.80. The average Bonchev–Trinajstić information content (AvgIpc) is 3.07. The van der Waals surface area contributed by atoms with Crippen LogP contribution < -0.4 is 9.47 Å². The van der Waals surface area contributed by atoms with Crippen molar-refractivity contribution in [1.29, 1.82) is 0 Å². The molecule has 1 unspecified atom stereocenters. The molecule has 1 N–H and O–H groups in total. The monoisotopic (exact) mass is 487 g/mol. The van der Waals surface area contributed by atoms with Gasteiger partial charge in [0, 0.05) is 24.3 Å². The summed E-state index contributed by atoms with van der Waals surface area (Å²) in [6, 6.07) is 11.1. The molecule has 0 radical (unpaired) electrons. The number of hydrogen-bond acceptors (Lipinski definition) is 6. The molecular formula is C26H30ClNO6. The maximum absolute atomic E-state index is 13.2. The molecule has 1 aliphatic rings. The highest BCUT2D eigenvalue weighted by Gasteiger charge is 2.47. The van der Waals surface area contributed by atoms with Gasteiger partial charge >= 0.3 is 0 Å². The summed E-state index contributed by atoms with van der Waals surface area (Å²) in [5.41, 5.74) is 0.760. The lowest BCUT2D eigenvalue weighted by Gasteiger charge is -2.26. The molecule has 1 amide bonds. The summed E-state index contributed by atoms with van der Waals surface area (Å²) < 4.78 is 16.7. The van der Waals surface area contributed by atoms with Crippen molar-refractivity contribution in [2.45, 2.75) is 39.3 Å². The van der Waals surface area contributed by atoms with Crippen LogP contribution in [0.2, 0.25) is 5.02 Å². The van der Waals surface area contributed by atoms with Crippen molar-refractivity contribution in [2.75, 3.05) is 26.9 Å². The van der Waals surface area contributed by atoms with Crippen molar-refractivity contribution >= 4 is 29.1 Å². The van der Waals surface area contributed by atoms with Crippen molar-refractivity contribution in [2.24, 2.45) is 0 Å². The molecule has 0 spiro atoms. The largest absolute Gasteiger partial charge is 0.507 e. The molecule has 34 heavy (non-hydrogen) atoms. The van der Waals surface area contributed by atoms with E-state index in [4.69, 9.17) is 25.8 Å². The molecule has 1 saturated heterocycles. The van der Waals surface area contributed by atoms with Crippen LogP contribution in [0.5, 0.6) is 11.5 Å². The highest BCUT2D eigenvalue weighted by Crippen LogP contribution is 2.43. The fraction of sp³-hybridized carbons (Fsp3) is 0.385. The highest BCUT2D eigenvalue weighted by molar-refractivity contribution is 6.47. The number of hydrogen-bond donors (Lipinski definition) is 1. The Kier molecular flexibility index (Phi) is 8.58. The molecule has 182 valence electrons. The molecule has 0 bridgehead atoms. The zero-order chi connectivity index (χ0) is 24.8. The van der Waals surface area contributed by atoms with Crippen LogP contribution in [0.1, 0.15) is 44.4 Å². The molecule has 8 heteroatoms. The molecule has 1 atom stereocenters. The number of carbonyl (C=O) groups excluding carboxylic acids is 2. The zero-order valence-corrected chi connectivity index (χ0v) is 20.6. The molecule has 0 aromatic heterocycles. The summed E-state index contributed by atoms with van der Waals surface area (Å²) in [5.74, 6) is -0.850. The Morgan fingerprint density at radius 1 is 1.18 bits per heavy atom. The SMILES string of the molecule is CCOc1ccc(Cl)c(/C(O)=C2\C(=O)C(=O)N(CCCOC(C)C)C2c2ccccc2OC)c1. The molecule has 7 nitrogen and oxygen atoms in total. The number of aliphatic hydroxyl groups excluding tert-OH is 1. The van der Waals surface area contributed by atoms with E-state index >= 15 is 0 Å². The van der Waals surface area contributed by atoms with Crippen LogP contribution in [0.25, 0.3) is 5.76 Å². The van der Waals surface area contributed by atoms with Crippen molar-refractivity contribution in [3.63, 3.8) is 0 Å². The Labute approximate surface area is 204 Å². The number of halogens is 1. The number of likely N-dealkylation sites (tertiary alicyclic amines) is 1. The van der Waals surface area contributed by atoms with Gasteiger partial charge in [-0.15, -0.1) is 0 Å². The number of rotatable bonds is 10. The number of Topliss-reactive ketones (excluding diaryl/α,β-unsaturated/α-hetero) is 1. The van der Waals surface area contributed by atoms with Crippen molar-refractivity contribution in [1.82, 2.24) is 4.90 Å². The van der Waals surface area contributed by atoms with Gasteiger partial charge in [-0.2, -0.15) is 0 Å². The molecule has 0 aliphatic carbocycles. The third-order valence-electron chi connectivity index (χ3n) is 5.47. The van der Waals surface area contributed by atoms with E-state index in [9.17, 15) is 14.7 Å². The van der Waals surface area contributed by atoms with Gasteiger partial charge in [-0.05, 0) is 51.5 Å². The number of ketones is 1. The Balaban J connectivity index is 2.13. The Hall–Kier alpha value is -3.03. The van der Waals surface area contributed by atoms with E-state index in [2.05, 4.69) is 0 Å². The lowest BCUT2D eigenvalue weighted by atomic mass is 9.94. The topological polar surface area (TPSA) is 85.3 Å². The van der Waals surface area contributed by atoms with Crippen LogP contribution in [-0.4, -0.2) is 54.7 Å². The first-order valence-electron chi connectivity index (χ1n) is 11.3. The number of nitrogens with zero attached hydrogens (tertiary/aromatic N) is 1. The fourth-order valence-corrected chi connectivity index (χ4v) is 4.17. The van der Waals surface area contributed by atoms with Crippen molar-refractivity contribution < 1.29 is 28.9 Å². The van der Waals surface area contributed by atoms with Gasteiger partial charge in [-0.3, -0.25) is 9.59 Å². The number of amides is 1. The normalized spacial score (nSPS) is 17.5. The van der Waals surface area contributed by atoms with E-state index in [1.54, 1.807) is 42.5 Å². The van der Waals surface area contributed by atoms with Gasteiger partial charge in [-0.25, -0.2) is 0 Å². The maximum Gasteiger partial charge on any atom is 0.295 e. The van der Waals surface area contributed by atoms with E-state index < -0.39 is 17.7 Å². The zero-order valence-electron chi connectivity index (χ0n) is 19.8. The van der Waals surface area contributed by atoms with E-state index in [0.717, 1.165) is 0 Å². The minimum absolute atomic E-state index is 0.0465. The smallest absolute Gasteiger partial charge is 0.295 e. The Morgan fingerprint density at radius 2 is 1.91 bits per heavy atom. The highest BCUT2D eigenvalue weighted by atomic mass is 35.5. The van der Waals surface area contributed by atoms with E-state index in [1.165, 1.54) is 12.0 Å². The lowest BCUT2D eigenvalue weighted by molar-refractivity contribution is -0.140. The second-order valence-corrected chi connectivity index (χ2v) is 8.49. The number of aliphatic hydroxyl groups is 1. The molecule has 0 saturated carbocycles. The van der Waals surface area contributed by atoms with E-state index in [-0.39, 0.29) is 34.6 Å². The van der Waals surface area contributed by atoms with Gasteiger partial charge in [-0.1, -0.05) is 29.8 Å². The summed E-state index contributed by atoms with van der Waals surface area (Å²) in [7, 11) is 1.52. The lowest BCUT2D eigenvalue weighted by Crippen LogP contribution is -2.31. The molecule has 1 heterocycles. The van der Waals surface area contributed by atoms with Crippen LogP contribution >= 0.6 is 11.6 Å². The van der Waals surface area contributed by atoms with Gasteiger partial charge in [0.1, 0.15) is 17.3 Å². The third kappa shape index (κ3) is 5.37. The molecular weight excluding hydrogens is 458 g/mol. The van der Waals surface area contributed by atoms with Crippen LogP contribution in [0.4, 0.5) is 0 Å². The first-order valence-corrected chi connectivity index (χ1v) is 11.6. The minimum atomic E-state index is -0.845. The van der Waals surface area contributed by atoms with Crippen LogP contribution in [-0.2, 0) is 14.3 Å². The number of methoxy groups -OCH3 is 1. The summed E-state index contributed by atoms with van der Waals surface area (Å²) >= 11 is 6.37. The Morgan fingerprint density at radius 3 is 2.59 bits per heavy atom. The minimum Gasteiger partial charge on any atom is -0.507 e. The molecule has 2 aromatic carbocycles. The average molecular weight is 488 g/mol. The summed E-state index contributed by atoms with van der Waals surface area (Å²) in [6.45, 7) is 6.82. The van der Waals surface area contributed by atoms with Gasteiger partial charge < -0.3 is 24.2 Å². The van der Waals surface area contributed by atoms with E-state index in [0.29, 0.717) is 36.7 Å². The number of carbonyl (C=O) groups is 2. The second kappa shape index (κ2) is 11.4. The molecule has 2 aromatic rings. The predicted octanol–water partition coefficient (Wildman–Crippen LogP) is 4.98. The summed E-state index contributed by atoms with van der Waals surface area (Å²) in [4.78, 5) is 27.8. The van der Waals surface area contributed by atoms with Gasteiger partial charge in [0.15, 0.2) is 0 Å². The van der Waals surface area contributed by atoms with E-state index in [1.807, 2.05) is 20.8 Å². The van der Waals surface area contributed by atoms with Crippen LogP contribution in [0, 0.1) is 0 Å². The molecule has 1 fully saturated rings. The number of ether oxygens (including phenoxy) is 3. The first kappa shape index (κ1) is 25.6. The standard InChI is InChI=1S/C26H30ClNO6/c1-5-33-17-11-12-20(27)19(15-17)24(29)22-23(18-9-6-7-10-21(18)32-4)28(26(31)25(22)30)13-8-14-34-16(2)3/h6-7,9-12,15-16,23,29H,5,8,13-14H2,1-4H3/b24-22+.